The average molecular weight is 291 g/mol. The van der Waals surface area contributed by atoms with Crippen molar-refractivity contribution in [3.8, 4) is 0 Å². The molecule has 0 amide bonds. The molecular formula is C17H23ClN2. The molecule has 3 heteroatoms. The Morgan fingerprint density at radius 2 is 2.05 bits per heavy atom. The average Bonchev–Trinajstić information content (AvgIpc) is 2.80. The molecule has 0 aliphatic heterocycles. The molecule has 0 saturated heterocycles. The molecular weight excluding hydrogens is 268 g/mol. The van der Waals surface area contributed by atoms with Gasteiger partial charge in [-0.2, -0.15) is 0 Å². The summed E-state index contributed by atoms with van der Waals surface area (Å²) in [4.78, 5) is 4.86. The van der Waals surface area contributed by atoms with Crippen LogP contribution >= 0.6 is 11.6 Å². The molecule has 1 saturated carbocycles. The van der Waals surface area contributed by atoms with Crippen LogP contribution in [0.5, 0.6) is 0 Å². The molecule has 20 heavy (non-hydrogen) atoms. The van der Waals surface area contributed by atoms with Gasteiger partial charge in [0.2, 0.25) is 0 Å². The van der Waals surface area contributed by atoms with Crippen LogP contribution in [0.2, 0.25) is 0 Å². The molecule has 1 aliphatic rings. The zero-order chi connectivity index (χ0) is 13.9. The number of nitrogens with zero attached hydrogens (tertiary/aromatic N) is 2. The van der Waals surface area contributed by atoms with Gasteiger partial charge in [0.1, 0.15) is 5.82 Å². The Balaban J connectivity index is 1.91. The molecule has 1 heterocycles. The summed E-state index contributed by atoms with van der Waals surface area (Å²) >= 11 is 6.52. The summed E-state index contributed by atoms with van der Waals surface area (Å²) in [5.41, 5.74) is 2.39. The first-order chi connectivity index (χ1) is 9.79. The Hall–Kier alpha value is -1.02. The smallest absolute Gasteiger partial charge is 0.110 e. The van der Waals surface area contributed by atoms with Gasteiger partial charge in [0.15, 0.2) is 0 Å². The number of imidazole rings is 1. The SMILES string of the molecule is CCCn1c(CC2CCCCC2Cl)nc2ccccc21. The van der Waals surface area contributed by atoms with E-state index < -0.39 is 0 Å². The van der Waals surface area contributed by atoms with Crippen molar-refractivity contribution in [1.29, 1.82) is 0 Å². The molecule has 3 rings (SSSR count). The highest BCUT2D eigenvalue weighted by atomic mass is 35.5. The Morgan fingerprint density at radius 1 is 1.25 bits per heavy atom. The number of para-hydroxylation sites is 2. The standard InChI is InChI=1S/C17H23ClN2/c1-2-11-20-16-10-6-5-9-15(16)19-17(20)12-13-7-3-4-8-14(13)18/h5-6,9-10,13-14H,2-4,7-8,11-12H2,1H3. The third-order valence-electron chi connectivity index (χ3n) is 4.44. The number of halogens is 1. The lowest BCUT2D eigenvalue weighted by Crippen LogP contribution is -2.23. The van der Waals surface area contributed by atoms with Gasteiger partial charge >= 0.3 is 0 Å². The third kappa shape index (κ3) is 2.71. The highest BCUT2D eigenvalue weighted by Gasteiger charge is 2.25. The predicted octanol–water partition coefficient (Wildman–Crippen LogP) is 4.79. The van der Waals surface area contributed by atoms with E-state index in [1.54, 1.807) is 0 Å². The van der Waals surface area contributed by atoms with Gasteiger partial charge in [-0.1, -0.05) is 31.9 Å². The van der Waals surface area contributed by atoms with E-state index in [-0.39, 0.29) is 0 Å². The molecule has 0 radical (unpaired) electrons. The summed E-state index contributed by atoms with van der Waals surface area (Å²) in [5, 5.41) is 0.332. The molecule has 0 spiro atoms. The molecule has 1 aliphatic carbocycles. The molecule has 2 aromatic rings. The van der Waals surface area contributed by atoms with Crippen molar-refractivity contribution in [3.05, 3.63) is 30.1 Å². The number of aryl methyl sites for hydroxylation is 1. The van der Waals surface area contributed by atoms with E-state index in [9.17, 15) is 0 Å². The van der Waals surface area contributed by atoms with E-state index >= 15 is 0 Å². The van der Waals surface area contributed by atoms with Crippen molar-refractivity contribution in [3.63, 3.8) is 0 Å². The molecule has 0 N–H and O–H groups in total. The quantitative estimate of drug-likeness (QED) is 0.741. The van der Waals surface area contributed by atoms with Gasteiger partial charge in [0.25, 0.3) is 0 Å². The first-order valence-electron chi connectivity index (χ1n) is 7.87. The first kappa shape index (κ1) is 13.9. The summed E-state index contributed by atoms with van der Waals surface area (Å²) < 4.78 is 2.40. The van der Waals surface area contributed by atoms with Crippen molar-refractivity contribution < 1.29 is 0 Å². The highest BCUT2D eigenvalue weighted by Crippen LogP contribution is 2.31. The summed E-state index contributed by atoms with van der Waals surface area (Å²) in [6, 6.07) is 8.47. The number of benzene rings is 1. The molecule has 2 unspecified atom stereocenters. The molecule has 1 aromatic heterocycles. The number of rotatable bonds is 4. The maximum atomic E-state index is 6.52. The minimum Gasteiger partial charge on any atom is -0.328 e. The van der Waals surface area contributed by atoms with Crippen LogP contribution in [0.25, 0.3) is 11.0 Å². The maximum Gasteiger partial charge on any atom is 0.110 e. The van der Waals surface area contributed by atoms with E-state index in [2.05, 4.69) is 35.8 Å². The van der Waals surface area contributed by atoms with Crippen LogP contribution in [-0.4, -0.2) is 14.9 Å². The van der Waals surface area contributed by atoms with Crippen molar-refractivity contribution in [1.82, 2.24) is 9.55 Å². The lowest BCUT2D eigenvalue weighted by molar-refractivity contribution is 0.355. The van der Waals surface area contributed by atoms with E-state index in [0.717, 1.165) is 24.9 Å². The van der Waals surface area contributed by atoms with Gasteiger partial charge in [-0.25, -0.2) is 4.98 Å². The summed E-state index contributed by atoms with van der Waals surface area (Å²) in [6.07, 6.45) is 7.20. The zero-order valence-corrected chi connectivity index (χ0v) is 12.9. The highest BCUT2D eigenvalue weighted by molar-refractivity contribution is 6.20. The number of fused-ring (bicyclic) bond motifs is 1. The number of alkyl halides is 1. The lowest BCUT2D eigenvalue weighted by Gasteiger charge is -2.26. The summed E-state index contributed by atoms with van der Waals surface area (Å²) in [5.74, 6) is 1.82. The van der Waals surface area contributed by atoms with Crippen LogP contribution in [0.4, 0.5) is 0 Å². The predicted molar refractivity (Wildman–Crippen MR) is 85.3 cm³/mol. The minimum atomic E-state index is 0.332. The van der Waals surface area contributed by atoms with Crippen LogP contribution < -0.4 is 0 Å². The van der Waals surface area contributed by atoms with Gasteiger partial charge in [-0.15, -0.1) is 11.6 Å². The van der Waals surface area contributed by atoms with Crippen molar-refractivity contribution >= 4 is 22.6 Å². The van der Waals surface area contributed by atoms with Gasteiger partial charge in [0.05, 0.1) is 11.0 Å². The second kappa shape index (κ2) is 6.17. The molecule has 108 valence electrons. The van der Waals surface area contributed by atoms with Crippen LogP contribution in [0, 0.1) is 5.92 Å². The summed E-state index contributed by atoms with van der Waals surface area (Å²) in [6.45, 7) is 3.28. The molecule has 0 bridgehead atoms. The second-order valence-electron chi connectivity index (χ2n) is 5.93. The fraction of sp³-hybridized carbons (Fsp3) is 0.588. The largest absolute Gasteiger partial charge is 0.328 e. The fourth-order valence-corrected chi connectivity index (χ4v) is 3.75. The number of hydrogen-bond donors (Lipinski definition) is 0. The van der Waals surface area contributed by atoms with E-state index in [1.807, 2.05) is 0 Å². The molecule has 1 aromatic carbocycles. The normalized spacial score (nSPS) is 23.3. The third-order valence-corrected chi connectivity index (χ3v) is 5.02. The molecule has 1 fully saturated rings. The van der Waals surface area contributed by atoms with Gasteiger partial charge in [-0.05, 0) is 37.3 Å². The first-order valence-corrected chi connectivity index (χ1v) is 8.31. The Kier molecular flexibility index (Phi) is 4.30. The number of hydrogen-bond acceptors (Lipinski definition) is 1. The van der Waals surface area contributed by atoms with Gasteiger partial charge < -0.3 is 4.57 Å². The molecule has 2 nitrogen and oxygen atoms in total. The van der Waals surface area contributed by atoms with E-state index in [1.165, 1.54) is 37.0 Å². The monoisotopic (exact) mass is 290 g/mol. The Bertz CT molecular complexity index is 575. The zero-order valence-electron chi connectivity index (χ0n) is 12.2. The Labute approximate surface area is 126 Å². The summed E-state index contributed by atoms with van der Waals surface area (Å²) in [7, 11) is 0. The topological polar surface area (TPSA) is 17.8 Å². The number of aromatic nitrogens is 2. The van der Waals surface area contributed by atoms with Gasteiger partial charge in [-0.3, -0.25) is 0 Å². The second-order valence-corrected chi connectivity index (χ2v) is 6.49. The fourth-order valence-electron chi connectivity index (χ4n) is 3.38. The van der Waals surface area contributed by atoms with E-state index in [4.69, 9.17) is 16.6 Å². The maximum absolute atomic E-state index is 6.52. The van der Waals surface area contributed by atoms with Crippen LogP contribution in [0.1, 0.15) is 44.9 Å². The van der Waals surface area contributed by atoms with Crippen LogP contribution in [-0.2, 0) is 13.0 Å². The molecule has 2 atom stereocenters. The minimum absolute atomic E-state index is 0.332. The Morgan fingerprint density at radius 3 is 2.85 bits per heavy atom. The van der Waals surface area contributed by atoms with Gasteiger partial charge in [0, 0.05) is 18.3 Å². The van der Waals surface area contributed by atoms with Crippen LogP contribution in [0.15, 0.2) is 24.3 Å². The van der Waals surface area contributed by atoms with Crippen molar-refractivity contribution in [2.75, 3.05) is 0 Å². The van der Waals surface area contributed by atoms with Crippen molar-refractivity contribution in [2.24, 2.45) is 5.92 Å². The van der Waals surface area contributed by atoms with E-state index in [0.29, 0.717) is 11.3 Å². The lowest BCUT2D eigenvalue weighted by atomic mass is 9.86. The van der Waals surface area contributed by atoms with Crippen molar-refractivity contribution in [2.45, 2.75) is 57.4 Å². The van der Waals surface area contributed by atoms with Crippen LogP contribution in [0.3, 0.4) is 0 Å².